The van der Waals surface area contributed by atoms with E-state index in [0.717, 1.165) is 5.56 Å². The minimum absolute atomic E-state index is 0.223. The molecule has 1 aromatic carbocycles. The Labute approximate surface area is 153 Å². The quantitative estimate of drug-likeness (QED) is 0.743. The van der Waals surface area contributed by atoms with Crippen molar-refractivity contribution in [2.45, 2.75) is 31.6 Å². The van der Waals surface area contributed by atoms with Crippen LogP contribution in [0.3, 0.4) is 0 Å². The van der Waals surface area contributed by atoms with Gasteiger partial charge < -0.3 is 9.15 Å². The van der Waals surface area contributed by atoms with Crippen molar-refractivity contribution in [2.24, 2.45) is 5.92 Å². The van der Waals surface area contributed by atoms with Gasteiger partial charge in [0.1, 0.15) is 12.0 Å². The van der Waals surface area contributed by atoms with Crippen LogP contribution in [0.5, 0.6) is 0 Å². The van der Waals surface area contributed by atoms with Gasteiger partial charge in [0.15, 0.2) is 5.89 Å². The van der Waals surface area contributed by atoms with Crippen molar-refractivity contribution < 1.29 is 22.4 Å². The number of hydrogen-bond donors (Lipinski definition) is 0. The number of esters is 1. The maximum Gasteiger partial charge on any atom is 0.309 e. The lowest BCUT2D eigenvalue weighted by molar-refractivity contribution is -0.149. The van der Waals surface area contributed by atoms with Crippen molar-refractivity contribution in [3.05, 3.63) is 36.4 Å². The molecule has 0 N–H and O–H groups in total. The van der Waals surface area contributed by atoms with Crippen LogP contribution < -0.4 is 0 Å². The Hall–Kier alpha value is -2.19. The first-order valence-corrected chi connectivity index (χ1v) is 10.0. The first kappa shape index (κ1) is 18.6. The second-order valence-electron chi connectivity index (χ2n) is 6.21. The Morgan fingerprint density at radius 3 is 2.46 bits per heavy atom. The third-order valence-electron chi connectivity index (χ3n) is 4.48. The van der Waals surface area contributed by atoms with E-state index in [2.05, 4.69) is 4.98 Å². The summed E-state index contributed by atoms with van der Waals surface area (Å²) in [6.45, 7) is 4.49. The Kier molecular flexibility index (Phi) is 5.43. The fourth-order valence-electron chi connectivity index (χ4n) is 3.03. The number of sulfonamides is 1. The minimum atomic E-state index is -3.58. The van der Waals surface area contributed by atoms with Crippen molar-refractivity contribution in [1.82, 2.24) is 9.29 Å². The summed E-state index contributed by atoms with van der Waals surface area (Å²) in [7, 11) is -3.58. The molecule has 7 nitrogen and oxygen atoms in total. The fraction of sp³-hybridized carbons (Fsp3) is 0.444. The van der Waals surface area contributed by atoms with E-state index in [1.807, 2.05) is 0 Å². The van der Waals surface area contributed by atoms with E-state index < -0.39 is 10.0 Å². The lowest BCUT2D eigenvalue weighted by atomic mass is 9.98. The third kappa shape index (κ3) is 3.81. The van der Waals surface area contributed by atoms with Crippen LogP contribution in [0.2, 0.25) is 0 Å². The minimum Gasteiger partial charge on any atom is -0.466 e. The summed E-state index contributed by atoms with van der Waals surface area (Å²) >= 11 is 0. The largest absolute Gasteiger partial charge is 0.466 e. The molecular weight excluding hydrogens is 356 g/mol. The Morgan fingerprint density at radius 1 is 1.27 bits per heavy atom. The first-order valence-electron chi connectivity index (χ1n) is 8.61. The SMILES string of the molecule is CCOC(=O)C1CCN(S(=O)(=O)c2ccc(-c3coc(C)n3)cc2)CC1. The van der Waals surface area contributed by atoms with E-state index in [0.29, 0.717) is 44.1 Å². The average Bonchev–Trinajstić information content (AvgIpc) is 3.08. The lowest BCUT2D eigenvalue weighted by Gasteiger charge is -2.30. The van der Waals surface area contributed by atoms with Crippen LogP contribution in [0.4, 0.5) is 0 Å². The van der Waals surface area contributed by atoms with E-state index in [4.69, 9.17) is 9.15 Å². The summed E-state index contributed by atoms with van der Waals surface area (Å²) in [5.74, 6) is 0.0946. The van der Waals surface area contributed by atoms with Gasteiger partial charge >= 0.3 is 5.97 Å². The molecule has 0 unspecified atom stereocenters. The van der Waals surface area contributed by atoms with Gasteiger partial charge in [-0.05, 0) is 31.9 Å². The molecule has 2 aromatic rings. The fourth-order valence-corrected chi connectivity index (χ4v) is 4.50. The second-order valence-corrected chi connectivity index (χ2v) is 8.14. The van der Waals surface area contributed by atoms with Gasteiger partial charge in [0.05, 0.1) is 17.4 Å². The second kappa shape index (κ2) is 7.59. The highest BCUT2D eigenvalue weighted by Gasteiger charge is 2.32. The predicted molar refractivity (Wildman–Crippen MR) is 94.8 cm³/mol. The molecular formula is C18H22N2O5S. The summed E-state index contributed by atoms with van der Waals surface area (Å²) in [6, 6.07) is 6.59. The summed E-state index contributed by atoms with van der Waals surface area (Å²) in [5, 5.41) is 0. The maximum absolute atomic E-state index is 12.8. The molecule has 0 amide bonds. The monoisotopic (exact) mass is 378 g/mol. The van der Waals surface area contributed by atoms with Crippen LogP contribution in [0.15, 0.2) is 39.8 Å². The molecule has 0 bridgehead atoms. The smallest absolute Gasteiger partial charge is 0.309 e. The number of carbonyl (C=O) groups excluding carboxylic acids is 1. The molecule has 26 heavy (non-hydrogen) atoms. The molecule has 8 heteroatoms. The van der Waals surface area contributed by atoms with Gasteiger partial charge in [0, 0.05) is 25.6 Å². The molecule has 3 rings (SSSR count). The number of aryl methyl sites for hydroxylation is 1. The molecule has 0 aliphatic carbocycles. The highest BCUT2D eigenvalue weighted by Crippen LogP contribution is 2.26. The highest BCUT2D eigenvalue weighted by atomic mass is 32.2. The molecule has 1 aliphatic heterocycles. The number of rotatable bonds is 5. The van der Waals surface area contributed by atoms with Crippen molar-refractivity contribution in [3.8, 4) is 11.3 Å². The van der Waals surface area contributed by atoms with Gasteiger partial charge in [-0.1, -0.05) is 12.1 Å². The number of hydrogen-bond acceptors (Lipinski definition) is 6. The Bertz CT molecular complexity index is 865. The molecule has 0 atom stereocenters. The van der Waals surface area contributed by atoms with E-state index in [9.17, 15) is 13.2 Å². The summed E-state index contributed by atoms with van der Waals surface area (Å²) in [5.41, 5.74) is 1.46. The molecule has 2 heterocycles. The summed E-state index contributed by atoms with van der Waals surface area (Å²) in [6.07, 6.45) is 2.50. The normalized spacial score (nSPS) is 16.5. The van der Waals surface area contributed by atoms with Crippen LogP contribution in [0.25, 0.3) is 11.3 Å². The number of benzene rings is 1. The van der Waals surface area contributed by atoms with E-state index in [1.165, 1.54) is 4.31 Å². The van der Waals surface area contributed by atoms with Crippen LogP contribution in [0, 0.1) is 12.8 Å². The standard InChI is InChI=1S/C18H22N2O5S/c1-3-24-18(21)15-8-10-20(11-9-15)26(22,23)16-6-4-14(5-7-16)17-12-25-13(2)19-17/h4-7,12,15H,3,8-11H2,1-2H3. The number of nitrogens with zero attached hydrogens (tertiary/aromatic N) is 2. The number of carbonyl (C=O) groups is 1. The molecule has 1 aliphatic rings. The summed E-state index contributed by atoms with van der Waals surface area (Å²) < 4.78 is 37.3. The van der Waals surface area contributed by atoms with Crippen LogP contribution in [-0.2, 0) is 19.6 Å². The molecule has 1 aromatic heterocycles. The summed E-state index contributed by atoms with van der Waals surface area (Å²) in [4.78, 5) is 16.3. The predicted octanol–water partition coefficient (Wildman–Crippen LogP) is 2.61. The Morgan fingerprint density at radius 2 is 1.92 bits per heavy atom. The lowest BCUT2D eigenvalue weighted by Crippen LogP contribution is -2.40. The van der Waals surface area contributed by atoms with Crippen molar-refractivity contribution in [1.29, 1.82) is 0 Å². The molecule has 0 spiro atoms. The van der Waals surface area contributed by atoms with Gasteiger partial charge in [-0.25, -0.2) is 13.4 Å². The van der Waals surface area contributed by atoms with E-state index in [-0.39, 0.29) is 16.8 Å². The number of piperidine rings is 1. The maximum atomic E-state index is 12.8. The third-order valence-corrected chi connectivity index (χ3v) is 6.39. The van der Waals surface area contributed by atoms with Crippen molar-refractivity contribution in [3.63, 3.8) is 0 Å². The van der Waals surface area contributed by atoms with Crippen LogP contribution in [0.1, 0.15) is 25.7 Å². The molecule has 0 radical (unpaired) electrons. The van der Waals surface area contributed by atoms with Gasteiger partial charge in [0.2, 0.25) is 10.0 Å². The zero-order chi connectivity index (χ0) is 18.7. The van der Waals surface area contributed by atoms with Crippen LogP contribution in [-0.4, -0.2) is 43.4 Å². The van der Waals surface area contributed by atoms with Crippen LogP contribution >= 0.6 is 0 Å². The zero-order valence-corrected chi connectivity index (χ0v) is 15.7. The number of oxazole rings is 1. The van der Waals surface area contributed by atoms with E-state index >= 15 is 0 Å². The molecule has 140 valence electrons. The molecule has 1 fully saturated rings. The first-order chi connectivity index (χ1) is 12.4. The average molecular weight is 378 g/mol. The number of ether oxygens (including phenoxy) is 1. The van der Waals surface area contributed by atoms with Crippen molar-refractivity contribution in [2.75, 3.05) is 19.7 Å². The topological polar surface area (TPSA) is 89.7 Å². The molecule has 0 saturated carbocycles. The Balaban J connectivity index is 1.70. The van der Waals surface area contributed by atoms with Gasteiger partial charge in [0.25, 0.3) is 0 Å². The van der Waals surface area contributed by atoms with Gasteiger partial charge in [-0.3, -0.25) is 4.79 Å². The zero-order valence-electron chi connectivity index (χ0n) is 14.8. The molecule has 1 saturated heterocycles. The van der Waals surface area contributed by atoms with Crippen molar-refractivity contribution >= 4 is 16.0 Å². The van der Waals surface area contributed by atoms with Gasteiger partial charge in [-0.15, -0.1) is 0 Å². The van der Waals surface area contributed by atoms with E-state index in [1.54, 1.807) is 44.4 Å². The number of aromatic nitrogens is 1. The highest BCUT2D eigenvalue weighted by molar-refractivity contribution is 7.89. The van der Waals surface area contributed by atoms with Gasteiger partial charge in [-0.2, -0.15) is 4.31 Å².